The van der Waals surface area contributed by atoms with Crippen LogP contribution in [0.3, 0.4) is 0 Å². The Morgan fingerprint density at radius 3 is 2.43 bits per heavy atom. The van der Waals surface area contributed by atoms with Crippen molar-refractivity contribution in [2.45, 2.75) is 27.3 Å². The maximum Gasteiger partial charge on any atom is 0.254 e. The van der Waals surface area contributed by atoms with Crippen molar-refractivity contribution in [3.8, 4) is 0 Å². The third-order valence-electron chi connectivity index (χ3n) is 3.71. The average molecular weight is 285 g/mol. The summed E-state index contributed by atoms with van der Waals surface area (Å²) in [7, 11) is 0. The third kappa shape index (κ3) is 3.48. The lowest BCUT2D eigenvalue weighted by Crippen LogP contribution is -2.31. The van der Waals surface area contributed by atoms with Crippen LogP contribution in [0.1, 0.15) is 34.0 Å². The Bertz CT molecular complexity index is 651. The number of benzene rings is 2. The van der Waals surface area contributed by atoms with Crippen molar-refractivity contribution < 1.29 is 9.18 Å². The number of amides is 1. The number of carbonyl (C=O) groups is 1. The minimum absolute atomic E-state index is 0.0572. The van der Waals surface area contributed by atoms with Gasteiger partial charge >= 0.3 is 0 Å². The Labute approximate surface area is 125 Å². The Morgan fingerprint density at radius 1 is 1.10 bits per heavy atom. The van der Waals surface area contributed by atoms with Crippen molar-refractivity contribution in [3.63, 3.8) is 0 Å². The van der Waals surface area contributed by atoms with Crippen molar-refractivity contribution in [2.24, 2.45) is 0 Å². The molecule has 0 bridgehead atoms. The first-order chi connectivity index (χ1) is 10.0. The molecule has 2 rings (SSSR count). The lowest BCUT2D eigenvalue weighted by atomic mass is 10.1. The molecular formula is C18H20FNO. The van der Waals surface area contributed by atoms with Crippen LogP contribution in [-0.4, -0.2) is 17.4 Å². The fourth-order valence-corrected chi connectivity index (χ4v) is 2.36. The number of nitrogens with zero attached hydrogens (tertiary/aromatic N) is 1. The summed E-state index contributed by atoms with van der Waals surface area (Å²) in [5.74, 6) is -0.371. The lowest BCUT2D eigenvalue weighted by Gasteiger charge is -2.23. The van der Waals surface area contributed by atoms with Crippen molar-refractivity contribution >= 4 is 5.91 Å². The minimum Gasteiger partial charge on any atom is -0.335 e. The molecule has 0 saturated carbocycles. The van der Waals surface area contributed by atoms with E-state index in [9.17, 15) is 9.18 Å². The molecule has 0 unspecified atom stereocenters. The lowest BCUT2D eigenvalue weighted by molar-refractivity contribution is 0.0751. The van der Waals surface area contributed by atoms with Gasteiger partial charge in [0.2, 0.25) is 0 Å². The summed E-state index contributed by atoms with van der Waals surface area (Å²) in [6.07, 6.45) is 0. The maximum absolute atomic E-state index is 13.2. The highest BCUT2D eigenvalue weighted by Gasteiger charge is 2.17. The van der Waals surface area contributed by atoms with Crippen LogP contribution in [0.25, 0.3) is 0 Å². The molecule has 2 aromatic rings. The van der Waals surface area contributed by atoms with Gasteiger partial charge in [0.15, 0.2) is 0 Å². The van der Waals surface area contributed by atoms with Crippen LogP contribution < -0.4 is 0 Å². The topological polar surface area (TPSA) is 20.3 Å². The molecule has 0 radical (unpaired) electrons. The second kappa shape index (κ2) is 6.53. The van der Waals surface area contributed by atoms with E-state index in [0.717, 1.165) is 5.56 Å². The standard InChI is InChI=1S/C18H20FNO/c1-4-20(12-15-8-6-5-7-13(15)2)18(21)17-10-9-16(19)11-14(17)3/h5-11H,4,12H2,1-3H3. The fraction of sp³-hybridized carbons (Fsp3) is 0.278. The van der Waals surface area contributed by atoms with Gasteiger partial charge in [-0.3, -0.25) is 4.79 Å². The van der Waals surface area contributed by atoms with Crippen molar-refractivity contribution in [2.75, 3.05) is 6.54 Å². The highest BCUT2D eigenvalue weighted by Crippen LogP contribution is 2.16. The zero-order valence-electron chi connectivity index (χ0n) is 12.7. The third-order valence-corrected chi connectivity index (χ3v) is 3.71. The predicted octanol–water partition coefficient (Wildman–Crippen LogP) is 4.10. The van der Waals surface area contributed by atoms with Crippen LogP contribution in [0.4, 0.5) is 4.39 Å². The molecule has 1 amide bonds. The Morgan fingerprint density at radius 2 is 1.81 bits per heavy atom. The zero-order valence-corrected chi connectivity index (χ0v) is 12.7. The molecule has 0 spiro atoms. The van der Waals surface area contributed by atoms with Gasteiger partial charge in [0.1, 0.15) is 5.82 Å². The molecule has 0 aromatic heterocycles. The molecule has 21 heavy (non-hydrogen) atoms. The van der Waals surface area contributed by atoms with E-state index in [4.69, 9.17) is 0 Å². The normalized spacial score (nSPS) is 10.5. The fourth-order valence-electron chi connectivity index (χ4n) is 2.36. The summed E-state index contributed by atoms with van der Waals surface area (Å²) >= 11 is 0. The van der Waals surface area contributed by atoms with E-state index in [1.54, 1.807) is 17.9 Å². The van der Waals surface area contributed by atoms with Crippen molar-refractivity contribution in [3.05, 3.63) is 70.5 Å². The summed E-state index contributed by atoms with van der Waals surface area (Å²) in [5, 5.41) is 0. The van der Waals surface area contributed by atoms with Crippen LogP contribution >= 0.6 is 0 Å². The van der Waals surface area contributed by atoms with E-state index in [-0.39, 0.29) is 11.7 Å². The summed E-state index contributed by atoms with van der Waals surface area (Å²) < 4.78 is 13.2. The molecule has 0 aliphatic heterocycles. The number of aryl methyl sites for hydroxylation is 2. The van der Waals surface area contributed by atoms with Gasteiger partial charge in [-0.2, -0.15) is 0 Å². The number of rotatable bonds is 4. The quantitative estimate of drug-likeness (QED) is 0.828. The van der Waals surface area contributed by atoms with E-state index in [0.29, 0.717) is 24.2 Å². The van der Waals surface area contributed by atoms with E-state index in [1.807, 2.05) is 38.1 Å². The van der Waals surface area contributed by atoms with E-state index >= 15 is 0 Å². The van der Waals surface area contributed by atoms with Crippen LogP contribution in [0, 0.1) is 19.7 Å². The molecule has 3 heteroatoms. The largest absolute Gasteiger partial charge is 0.335 e. The molecule has 2 nitrogen and oxygen atoms in total. The van der Waals surface area contributed by atoms with Crippen molar-refractivity contribution in [1.29, 1.82) is 0 Å². The zero-order chi connectivity index (χ0) is 15.4. The van der Waals surface area contributed by atoms with Gasteiger partial charge in [-0.25, -0.2) is 4.39 Å². The molecular weight excluding hydrogens is 265 g/mol. The summed E-state index contributed by atoms with van der Waals surface area (Å²) in [6.45, 7) is 6.94. The Balaban J connectivity index is 2.25. The first-order valence-corrected chi connectivity index (χ1v) is 7.13. The number of halogens is 1. The summed E-state index contributed by atoms with van der Waals surface area (Å²) in [6, 6.07) is 12.3. The molecule has 0 heterocycles. The van der Waals surface area contributed by atoms with Crippen LogP contribution in [-0.2, 0) is 6.54 Å². The van der Waals surface area contributed by atoms with E-state index < -0.39 is 0 Å². The molecule has 2 aromatic carbocycles. The van der Waals surface area contributed by atoms with Gasteiger partial charge in [-0.1, -0.05) is 24.3 Å². The first kappa shape index (κ1) is 15.2. The number of hydrogen-bond acceptors (Lipinski definition) is 1. The monoisotopic (exact) mass is 285 g/mol. The van der Waals surface area contributed by atoms with Crippen LogP contribution in [0.5, 0.6) is 0 Å². The SMILES string of the molecule is CCN(Cc1ccccc1C)C(=O)c1ccc(F)cc1C. The van der Waals surface area contributed by atoms with Gasteiger partial charge in [-0.15, -0.1) is 0 Å². The van der Waals surface area contributed by atoms with Gasteiger partial charge in [-0.05, 0) is 55.7 Å². The maximum atomic E-state index is 13.2. The molecule has 0 atom stereocenters. The second-order valence-corrected chi connectivity index (χ2v) is 5.21. The van der Waals surface area contributed by atoms with Crippen LogP contribution in [0.2, 0.25) is 0 Å². The number of carbonyl (C=O) groups excluding carboxylic acids is 1. The van der Waals surface area contributed by atoms with Gasteiger partial charge in [0.25, 0.3) is 5.91 Å². The molecule has 0 N–H and O–H groups in total. The van der Waals surface area contributed by atoms with Crippen molar-refractivity contribution in [1.82, 2.24) is 4.90 Å². The minimum atomic E-state index is -0.314. The number of hydrogen-bond donors (Lipinski definition) is 0. The Hall–Kier alpha value is -2.16. The molecule has 0 saturated heterocycles. The highest BCUT2D eigenvalue weighted by molar-refractivity contribution is 5.95. The molecule has 0 aliphatic carbocycles. The average Bonchev–Trinajstić information content (AvgIpc) is 2.46. The summed E-state index contributed by atoms with van der Waals surface area (Å²) in [5.41, 5.74) is 3.53. The first-order valence-electron chi connectivity index (χ1n) is 7.13. The predicted molar refractivity (Wildman–Crippen MR) is 82.7 cm³/mol. The van der Waals surface area contributed by atoms with Gasteiger partial charge in [0, 0.05) is 18.7 Å². The molecule has 0 fully saturated rings. The summed E-state index contributed by atoms with van der Waals surface area (Å²) in [4.78, 5) is 14.4. The highest BCUT2D eigenvalue weighted by atomic mass is 19.1. The Kier molecular flexibility index (Phi) is 4.73. The van der Waals surface area contributed by atoms with Crippen LogP contribution in [0.15, 0.2) is 42.5 Å². The van der Waals surface area contributed by atoms with E-state index in [2.05, 4.69) is 0 Å². The van der Waals surface area contributed by atoms with Gasteiger partial charge in [0.05, 0.1) is 0 Å². The smallest absolute Gasteiger partial charge is 0.254 e. The van der Waals surface area contributed by atoms with E-state index in [1.165, 1.54) is 17.7 Å². The van der Waals surface area contributed by atoms with Gasteiger partial charge < -0.3 is 4.90 Å². The molecule has 110 valence electrons. The molecule has 0 aliphatic rings. The second-order valence-electron chi connectivity index (χ2n) is 5.21.